The van der Waals surface area contributed by atoms with Crippen molar-refractivity contribution in [3.05, 3.63) is 60.2 Å². The quantitative estimate of drug-likeness (QED) is 0.891. The van der Waals surface area contributed by atoms with Crippen LogP contribution >= 0.6 is 0 Å². The van der Waals surface area contributed by atoms with E-state index in [1.807, 2.05) is 44.2 Å². The highest BCUT2D eigenvalue weighted by atomic mass is 16.1. The van der Waals surface area contributed by atoms with E-state index in [9.17, 15) is 4.79 Å². The van der Waals surface area contributed by atoms with Crippen molar-refractivity contribution in [3.63, 3.8) is 0 Å². The summed E-state index contributed by atoms with van der Waals surface area (Å²) in [6.07, 6.45) is 0.646. The molecular formula is C17H19NO. The molecule has 2 heteroatoms. The van der Waals surface area contributed by atoms with Crippen molar-refractivity contribution in [2.75, 3.05) is 0 Å². The van der Waals surface area contributed by atoms with E-state index in [-0.39, 0.29) is 5.91 Å². The molecule has 0 heterocycles. The van der Waals surface area contributed by atoms with Crippen molar-refractivity contribution < 1.29 is 4.79 Å². The van der Waals surface area contributed by atoms with Crippen molar-refractivity contribution in [3.8, 4) is 11.1 Å². The highest BCUT2D eigenvalue weighted by molar-refractivity contribution is 5.81. The van der Waals surface area contributed by atoms with E-state index in [0.29, 0.717) is 6.42 Å². The molecule has 0 unspecified atom stereocenters. The number of carbonyl (C=O) groups is 1. The standard InChI is InChI=1S/C17H19NO/c1-17(2,16(18)19)12-14-10-6-7-11-15(14)13-8-4-3-5-9-13/h3-11H,12H2,1-2H3,(H2,18,19). The van der Waals surface area contributed by atoms with Crippen LogP contribution in [0.25, 0.3) is 11.1 Å². The predicted molar refractivity (Wildman–Crippen MR) is 78.6 cm³/mol. The van der Waals surface area contributed by atoms with Crippen LogP contribution in [0.3, 0.4) is 0 Å². The Balaban J connectivity index is 2.40. The molecular weight excluding hydrogens is 234 g/mol. The minimum atomic E-state index is -0.537. The zero-order valence-corrected chi connectivity index (χ0v) is 11.4. The zero-order valence-electron chi connectivity index (χ0n) is 11.4. The monoisotopic (exact) mass is 253 g/mol. The first-order valence-electron chi connectivity index (χ1n) is 6.44. The van der Waals surface area contributed by atoms with E-state index in [2.05, 4.69) is 24.3 Å². The van der Waals surface area contributed by atoms with Gasteiger partial charge >= 0.3 is 0 Å². The van der Waals surface area contributed by atoms with Crippen LogP contribution in [0.15, 0.2) is 54.6 Å². The summed E-state index contributed by atoms with van der Waals surface area (Å²) in [5.74, 6) is -0.268. The Morgan fingerprint density at radius 2 is 1.58 bits per heavy atom. The van der Waals surface area contributed by atoms with Gasteiger partial charge in [-0.15, -0.1) is 0 Å². The molecule has 19 heavy (non-hydrogen) atoms. The van der Waals surface area contributed by atoms with Crippen LogP contribution in [0.2, 0.25) is 0 Å². The zero-order chi connectivity index (χ0) is 13.9. The second-order valence-corrected chi connectivity index (χ2v) is 5.45. The van der Waals surface area contributed by atoms with Gasteiger partial charge in [-0.25, -0.2) is 0 Å². The summed E-state index contributed by atoms with van der Waals surface area (Å²) in [5.41, 5.74) is 8.41. The fraction of sp³-hybridized carbons (Fsp3) is 0.235. The largest absolute Gasteiger partial charge is 0.369 e. The van der Waals surface area contributed by atoms with E-state index in [4.69, 9.17) is 5.73 Å². The molecule has 0 atom stereocenters. The van der Waals surface area contributed by atoms with E-state index in [1.165, 1.54) is 5.56 Å². The lowest BCUT2D eigenvalue weighted by molar-refractivity contribution is -0.125. The van der Waals surface area contributed by atoms with Crippen molar-refractivity contribution in [1.82, 2.24) is 0 Å². The topological polar surface area (TPSA) is 43.1 Å². The van der Waals surface area contributed by atoms with Crippen LogP contribution in [0.5, 0.6) is 0 Å². The van der Waals surface area contributed by atoms with Gasteiger partial charge in [0, 0.05) is 5.41 Å². The molecule has 2 N–H and O–H groups in total. The molecule has 0 aromatic heterocycles. The normalized spacial score (nSPS) is 11.3. The fourth-order valence-corrected chi connectivity index (χ4v) is 2.14. The van der Waals surface area contributed by atoms with Crippen molar-refractivity contribution in [2.45, 2.75) is 20.3 Å². The molecule has 98 valence electrons. The first-order valence-corrected chi connectivity index (χ1v) is 6.44. The summed E-state index contributed by atoms with van der Waals surface area (Å²) in [4.78, 5) is 11.5. The fourth-order valence-electron chi connectivity index (χ4n) is 2.14. The van der Waals surface area contributed by atoms with Gasteiger partial charge in [-0.1, -0.05) is 68.4 Å². The molecule has 0 aliphatic rings. The molecule has 0 aliphatic heterocycles. The lowest BCUT2D eigenvalue weighted by Crippen LogP contribution is -2.33. The van der Waals surface area contributed by atoms with Gasteiger partial charge in [-0.05, 0) is 23.1 Å². The van der Waals surface area contributed by atoms with Gasteiger partial charge in [-0.2, -0.15) is 0 Å². The van der Waals surface area contributed by atoms with Crippen LogP contribution in [0, 0.1) is 5.41 Å². The van der Waals surface area contributed by atoms with E-state index in [0.717, 1.165) is 11.1 Å². The average Bonchev–Trinajstić information content (AvgIpc) is 2.40. The lowest BCUT2D eigenvalue weighted by atomic mass is 9.82. The smallest absolute Gasteiger partial charge is 0.223 e. The molecule has 0 radical (unpaired) electrons. The van der Waals surface area contributed by atoms with Crippen LogP contribution in [-0.2, 0) is 11.2 Å². The minimum Gasteiger partial charge on any atom is -0.369 e. The molecule has 0 spiro atoms. The minimum absolute atomic E-state index is 0.268. The summed E-state index contributed by atoms with van der Waals surface area (Å²) < 4.78 is 0. The Kier molecular flexibility index (Phi) is 3.70. The number of nitrogens with two attached hydrogens (primary N) is 1. The first kappa shape index (κ1) is 13.3. The van der Waals surface area contributed by atoms with Gasteiger partial charge in [0.1, 0.15) is 0 Å². The molecule has 0 fully saturated rings. The summed E-state index contributed by atoms with van der Waals surface area (Å²) in [5, 5.41) is 0. The van der Waals surface area contributed by atoms with Crippen LogP contribution < -0.4 is 5.73 Å². The van der Waals surface area contributed by atoms with Gasteiger partial charge in [0.05, 0.1) is 0 Å². The van der Waals surface area contributed by atoms with Crippen LogP contribution in [0.1, 0.15) is 19.4 Å². The number of primary amides is 1. The maximum absolute atomic E-state index is 11.5. The highest BCUT2D eigenvalue weighted by Crippen LogP contribution is 2.29. The Labute approximate surface area is 114 Å². The van der Waals surface area contributed by atoms with Crippen LogP contribution in [-0.4, -0.2) is 5.91 Å². The number of carbonyl (C=O) groups excluding carboxylic acids is 1. The van der Waals surface area contributed by atoms with E-state index >= 15 is 0 Å². The van der Waals surface area contributed by atoms with Gasteiger partial charge in [0.25, 0.3) is 0 Å². The number of hydrogen-bond acceptors (Lipinski definition) is 1. The molecule has 2 nitrogen and oxygen atoms in total. The van der Waals surface area contributed by atoms with Gasteiger partial charge in [-0.3, -0.25) is 4.79 Å². The number of rotatable bonds is 4. The van der Waals surface area contributed by atoms with Crippen LogP contribution in [0.4, 0.5) is 0 Å². The predicted octanol–water partition coefficient (Wildman–Crippen LogP) is 3.41. The Morgan fingerprint density at radius 3 is 2.21 bits per heavy atom. The maximum atomic E-state index is 11.5. The molecule has 2 rings (SSSR count). The third kappa shape index (κ3) is 3.02. The second-order valence-electron chi connectivity index (χ2n) is 5.45. The van der Waals surface area contributed by atoms with Crippen molar-refractivity contribution >= 4 is 5.91 Å². The summed E-state index contributed by atoms with van der Waals surface area (Å²) in [6.45, 7) is 3.77. The maximum Gasteiger partial charge on any atom is 0.223 e. The Morgan fingerprint density at radius 1 is 1.00 bits per heavy atom. The SMILES string of the molecule is CC(C)(Cc1ccccc1-c1ccccc1)C(N)=O. The van der Waals surface area contributed by atoms with Gasteiger partial charge in [0.15, 0.2) is 0 Å². The van der Waals surface area contributed by atoms with E-state index in [1.54, 1.807) is 0 Å². The van der Waals surface area contributed by atoms with Gasteiger partial charge in [0.2, 0.25) is 5.91 Å². The first-order chi connectivity index (χ1) is 9.00. The molecule has 0 aliphatic carbocycles. The third-order valence-corrected chi connectivity index (χ3v) is 3.40. The lowest BCUT2D eigenvalue weighted by Gasteiger charge is -2.22. The van der Waals surface area contributed by atoms with Gasteiger partial charge < -0.3 is 5.73 Å². The number of hydrogen-bond donors (Lipinski definition) is 1. The molecule has 1 amide bonds. The molecule has 0 saturated carbocycles. The Hall–Kier alpha value is -2.09. The average molecular weight is 253 g/mol. The Bertz CT molecular complexity index is 573. The van der Waals surface area contributed by atoms with Crippen molar-refractivity contribution in [2.24, 2.45) is 11.1 Å². The number of benzene rings is 2. The second kappa shape index (κ2) is 5.27. The number of amides is 1. The summed E-state index contributed by atoms with van der Waals surface area (Å²) >= 11 is 0. The molecule has 0 bridgehead atoms. The van der Waals surface area contributed by atoms with E-state index < -0.39 is 5.41 Å². The van der Waals surface area contributed by atoms with Crippen molar-refractivity contribution in [1.29, 1.82) is 0 Å². The molecule has 2 aromatic carbocycles. The third-order valence-electron chi connectivity index (χ3n) is 3.40. The summed E-state index contributed by atoms with van der Waals surface area (Å²) in [7, 11) is 0. The summed E-state index contributed by atoms with van der Waals surface area (Å²) in [6, 6.07) is 18.4. The molecule has 2 aromatic rings. The molecule has 0 saturated heterocycles. The highest BCUT2D eigenvalue weighted by Gasteiger charge is 2.26.